The zero-order chi connectivity index (χ0) is 76.7. The van der Waals surface area contributed by atoms with E-state index in [0.29, 0.717) is 11.8 Å². The molecule has 4 saturated heterocycles. The van der Waals surface area contributed by atoms with Crippen LogP contribution in [0.15, 0.2) is 206 Å². The average Bonchev–Trinajstić information content (AvgIpc) is 1.49. The molecule has 0 amide bonds. The van der Waals surface area contributed by atoms with Gasteiger partial charge in [-0.2, -0.15) is 0 Å². The van der Waals surface area contributed by atoms with Crippen LogP contribution in [0, 0.1) is 33.5 Å². The van der Waals surface area contributed by atoms with E-state index in [1.54, 1.807) is 0 Å². The molecule has 17 rings (SSSR count). The molecule has 0 radical (unpaired) electrons. The molecule has 4 bridgehead atoms. The van der Waals surface area contributed by atoms with Gasteiger partial charge in [0.15, 0.2) is 0 Å². The molecule has 10 unspecified atom stereocenters. The van der Waals surface area contributed by atoms with Crippen molar-refractivity contribution in [3.05, 3.63) is 245 Å². The average molecular weight is 1470 g/mol. The Morgan fingerprint density at radius 2 is 0.824 bits per heavy atom. The van der Waals surface area contributed by atoms with Crippen LogP contribution < -0.4 is 36.6 Å². The van der Waals surface area contributed by atoms with Gasteiger partial charge >= 0.3 is 35.6 Å². The predicted molar refractivity (Wildman–Crippen MR) is 456 cm³/mol. The molecule has 15 heteroatoms. The molecule has 5 heterocycles. The number of hydrogen-bond donors (Lipinski definition) is 0. The van der Waals surface area contributed by atoms with Crippen molar-refractivity contribution in [3.63, 3.8) is 0 Å². The van der Waals surface area contributed by atoms with E-state index < -0.39 is 0 Å². The van der Waals surface area contributed by atoms with Gasteiger partial charge in [-0.1, -0.05) is 290 Å². The van der Waals surface area contributed by atoms with Gasteiger partial charge in [-0.25, -0.2) is 0 Å². The zero-order valence-corrected chi connectivity index (χ0v) is 68.2. The molecule has 4 saturated carbocycles. The van der Waals surface area contributed by atoms with Crippen molar-refractivity contribution < 1.29 is 53.7 Å². The highest BCUT2D eigenvalue weighted by atomic mass is 16.7. The topological polar surface area (TPSA) is 92.3 Å². The monoisotopic (exact) mass is 1470 g/mol. The van der Waals surface area contributed by atoms with Crippen LogP contribution in [0.5, 0.6) is 11.5 Å². The normalized spacial score (nSPS) is 28.5. The molecule has 9 aliphatic rings. The molecular formula is C93H129B5O10. The molecule has 4 aliphatic carbocycles. The third kappa shape index (κ3) is 14.7. The number of benzene rings is 8. The highest BCUT2D eigenvalue weighted by Gasteiger charge is 2.80. The largest absolute Gasteiger partial charge is 0.632 e. The van der Waals surface area contributed by atoms with E-state index in [1.807, 2.05) is 24.3 Å². The van der Waals surface area contributed by atoms with Crippen LogP contribution in [0.1, 0.15) is 222 Å². The summed E-state index contributed by atoms with van der Waals surface area (Å²) in [4.78, 5) is 0. The summed E-state index contributed by atoms with van der Waals surface area (Å²) in [6, 6.07) is 72.4. The molecule has 10 nitrogen and oxygen atoms in total. The Bertz CT molecular complexity index is 4230. The van der Waals surface area contributed by atoms with Crippen LogP contribution in [0.2, 0.25) is 0 Å². The summed E-state index contributed by atoms with van der Waals surface area (Å²) >= 11 is 0. The van der Waals surface area contributed by atoms with Crippen LogP contribution in [0.4, 0.5) is 0 Å². The third-order valence-electron chi connectivity index (χ3n) is 27.5. The molecule has 8 fully saturated rings. The second-order valence-electron chi connectivity index (χ2n) is 34.9. The molecular weight excluding hydrogens is 1330 g/mol. The lowest BCUT2D eigenvalue weighted by Gasteiger charge is -2.48. The van der Waals surface area contributed by atoms with Gasteiger partial charge in [0.1, 0.15) is 22.7 Å². The van der Waals surface area contributed by atoms with Gasteiger partial charge in [0.05, 0.1) is 29.0 Å². The first-order valence-electron chi connectivity index (χ1n) is 41.0. The Balaban J connectivity index is 0.000000178. The van der Waals surface area contributed by atoms with Gasteiger partial charge < -0.3 is 46.5 Å². The molecule has 108 heavy (non-hydrogen) atoms. The molecule has 0 N–H and O–H groups in total. The first-order chi connectivity index (χ1) is 51.6. The fourth-order valence-corrected chi connectivity index (χ4v) is 19.7. The molecule has 576 valence electrons. The van der Waals surface area contributed by atoms with Gasteiger partial charge in [-0.05, 0) is 208 Å². The van der Waals surface area contributed by atoms with E-state index >= 15 is 0 Å². The Labute approximate surface area is 657 Å². The summed E-state index contributed by atoms with van der Waals surface area (Å²) in [5, 5.41) is 0. The summed E-state index contributed by atoms with van der Waals surface area (Å²) in [5.74, 6) is 2.64. The SMILES string of the molecule is CCCCC1(C)OB(c2ccc(CC)cc2)OC1(C)C.CCc1ccc(B2OC(C)CC(C)(C)O2)cc1.CCc1ccc(B2OC3C(c4ccccc4)(O2)C2CCC3(C)C2(C)C)cc1.CCc1ccc(B2OC3C4CCC(C)(C4(C)C)C3(c3ccccc3)O2)cc1.CCc1ccc(B2Oc3ccccc3O2)cc1.[2HH].[2HH].[2HH].[2HH].[2HH]. The maximum absolute atomic E-state index is 6.97. The van der Waals surface area contributed by atoms with Crippen molar-refractivity contribution in [3.8, 4) is 11.5 Å². The Morgan fingerprint density at radius 3 is 1.28 bits per heavy atom. The van der Waals surface area contributed by atoms with Crippen molar-refractivity contribution in [2.75, 3.05) is 0 Å². The minimum Gasteiger partial charge on any atom is -0.519 e. The van der Waals surface area contributed by atoms with Gasteiger partial charge in [0.25, 0.3) is 0 Å². The Morgan fingerprint density at radius 1 is 0.398 bits per heavy atom. The van der Waals surface area contributed by atoms with Crippen molar-refractivity contribution in [2.45, 2.75) is 254 Å². The van der Waals surface area contributed by atoms with Crippen molar-refractivity contribution in [1.29, 1.82) is 0 Å². The summed E-state index contributed by atoms with van der Waals surface area (Å²) < 4.78 is 63.2. The zero-order valence-electron chi connectivity index (χ0n) is 68.2. The highest BCUT2D eigenvalue weighted by Crippen LogP contribution is 2.77. The third-order valence-corrected chi connectivity index (χ3v) is 27.5. The lowest BCUT2D eigenvalue weighted by molar-refractivity contribution is -0.0800. The van der Waals surface area contributed by atoms with Crippen LogP contribution in [0.25, 0.3) is 0 Å². The highest BCUT2D eigenvalue weighted by molar-refractivity contribution is 6.64. The molecule has 8 aromatic carbocycles. The maximum atomic E-state index is 6.97. The fourth-order valence-electron chi connectivity index (χ4n) is 19.7. The second-order valence-corrected chi connectivity index (χ2v) is 34.9. The Hall–Kier alpha value is -6.64. The van der Waals surface area contributed by atoms with Crippen LogP contribution >= 0.6 is 0 Å². The number of hydrogen-bond acceptors (Lipinski definition) is 10. The quantitative estimate of drug-likeness (QED) is 0.0924. The number of unbranched alkanes of at least 4 members (excludes halogenated alkanes) is 1. The van der Waals surface area contributed by atoms with Gasteiger partial charge in [0.2, 0.25) is 0 Å². The van der Waals surface area contributed by atoms with E-state index in [9.17, 15) is 0 Å². The lowest BCUT2D eigenvalue weighted by atomic mass is 9.61. The standard InChI is InChI=1S/2C24H29BO2.C17H27BO2.C14H13BO2.C14H21BO2.5H2/c1-5-17-11-13-19(14-12-17)25-26-21-23(4)16-15-20(22(23,2)3)24(21,27-25)18-9-7-6-8-10-18;1-5-17-11-13-19(14-12-17)25-26-21-20-15-16-23(4,22(20,2)3)24(21,27-25)18-9-7-6-8-10-18;1-6-8-13-17(5)16(3,4)19-18(20-17)15-11-9-14(7-2)10-12-15;1-2-11-7-9-12(10-8-11)15-16-13-5-3-4-6-14(13)17-15;1-5-12-6-8-13(9-7-12)15-16-11(2)10-14(3,4)17-15;;;;;/h2*6-14,20-21H,5,15-16H2,1-4H3;9-12H,6-8,13H2,1-5H3;3-10H,2H2,1H3;6-9,11H,5,10H2,1-4H3;5*1H/i;;;;;5*1+1. The van der Waals surface area contributed by atoms with Gasteiger partial charge in [0, 0.05) is 29.5 Å². The second kappa shape index (κ2) is 31.9. The van der Waals surface area contributed by atoms with Crippen LogP contribution in [-0.4, -0.2) is 70.7 Å². The van der Waals surface area contributed by atoms with Gasteiger partial charge in [-0.15, -0.1) is 0 Å². The summed E-state index contributed by atoms with van der Waals surface area (Å²) in [6.45, 7) is 40.4. The van der Waals surface area contributed by atoms with Crippen molar-refractivity contribution in [2.24, 2.45) is 33.5 Å². The molecule has 8 aromatic rings. The molecule has 10 atom stereocenters. The number of para-hydroxylation sites is 2. The lowest BCUT2D eigenvalue weighted by Crippen LogP contribution is -2.51. The van der Waals surface area contributed by atoms with Crippen molar-refractivity contribution in [1.82, 2.24) is 0 Å². The first-order valence-corrected chi connectivity index (χ1v) is 41.0. The summed E-state index contributed by atoms with van der Waals surface area (Å²) in [5.41, 5.74) is 14.2. The smallest absolute Gasteiger partial charge is 0.519 e. The summed E-state index contributed by atoms with van der Waals surface area (Å²) in [7, 11) is -1.33. The van der Waals surface area contributed by atoms with E-state index in [-0.39, 0.29) is 111 Å². The van der Waals surface area contributed by atoms with E-state index in [1.165, 1.54) is 77.5 Å². The Kier molecular flexibility index (Phi) is 23.4. The number of aryl methyl sites for hydroxylation is 5. The molecule has 0 spiro atoms. The predicted octanol–water partition coefficient (Wildman–Crippen LogP) is 19.3. The number of rotatable bonds is 15. The fraction of sp³-hybridized carbons (Fsp3) is 0.484. The van der Waals surface area contributed by atoms with Gasteiger partial charge in [-0.3, -0.25) is 0 Å². The maximum Gasteiger partial charge on any atom is 0.632 e. The molecule has 0 aromatic heterocycles. The van der Waals surface area contributed by atoms with E-state index in [4.69, 9.17) is 46.5 Å². The molecule has 5 aliphatic heterocycles. The van der Waals surface area contributed by atoms with Crippen LogP contribution in [0.3, 0.4) is 0 Å². The van der Waals surface area contributed by atoms with E-state index in [0.717, 1.165) is 83.8 Å². The van der Waals surface area contributed by atoms with E-state index in [2.05, 4.69) is 307 Å². The minimum atomic E-state index is -0.366. The number of fused-ring (bicyclic) bond motifs is 11. The summed E-state index contributed by atoms with van der Waals surface area (Å²) in [6.07, 6.45) is 14.9. The first kappa shape index (κ1) is 79.4. The minimum absolute atomic E-state index is 0. The van der Waals surface area contributed by atoms with Crippen molar-refractivity contribution >= 4 is 62.9 Å². The van der Waals surface area contributed by atoms with Crippen LogP contribution in [-0.2, 0) is 80.5 Å².